The molecule has 1 aromatic carbocycles. The average Bonchev–Trinajstić information content (AvgIpc) is 3.00. The van der Waals surface area contributed by atoms with E-state index in [2.05, 4.69) is 0 Å². The molecular weight excluding hydrogens is 352 g/mol. The molecule has 1 heterocycles. The quantitative estimate of drug-likeness (QED) is 0.543. The fourth-order valence-corrected chi connectivity index (χ4v) is 2.27. The second-order valence-corrected chi connectivity index (χ2v) is 5.94. The van der Waals surface area contributed by atoms with Crippen LogP contribution < -0.4 is 0 Å². The molecule has 0 aliphatic rings. The average molecular weight is 371 g/mol. The number of hydrogen-bond acceptors (Lipinski definition) is 7. The minimum absolute atomic E-state index is 0.0321. The van der Waals surface area contributed by atoms with Crippen LogP contribution in [0.2, 0.25) is 5.02 Å². The molecular formula is C17H19ClO7. The van der Waals surface area contributed by atoms with Crippen LogP contribution in [0.25, 0.3) is 0 Å². The highest BCUT2D eigenvalue weighted by Gasteiger charge is 2.29. The van der Waals surface area contributed by atoms with Crippen molar-refractivity contribution in [3.8, 4) is 0 Å². The monoisotopic (exact) mass is 370 g/mol. The molecule has 3 atom stereocenters. The summed E-state index contributed by atoms with van der Waals surface area (Å²) in [6.07, 6.45) is -4.80. The van der Waals surface area contributed by atoms with Crippen molar-refractivity contribution in [1.82, 2.24) is 0 Å². The van der Waals surface area contributed by atoms with Gasteiger partial charge in [0.1, 0.15) is 42.0 Å². The summed E-state index contributed by atoms with van der Waals surface area (Å²) in [5.74, 6) is -0.580. The highest BCUT2D eigenvalue weighted by atomic mass is 35.5. The molecule has 0 amide bonds. The van der Waals surface area contributed by atoms with Crippen LogP contribution in [0.4, 0.5) is 0 Å². The van der Waals surface area contributed by atoms with Gasteiger partial charge in [0.15, 0.2) is 0 Å². The number of carbonyl (C=O) groups excluding carboxylic acids is 1. The maximum absolute atomic E-state index is 12.2. The Bertz CT molecular complexity index is 710. The number of aliphatic hydroxyl groups excluding tert-OH is 4. The SMILES string of the molecule is Cc1oc([C@H](O)[C@H](O)[C@H](O)CO)cc1C(=O)OCc1ccc(Cl)cc1. The molecule has 25 heavy (non-hydrogen) atoms. The third-order valence-electron chi connectivity index (χ3n) is 3.64. The van der Waals surface area contributed by atoms with Gasteiger partial charge >= 0.3 is 5.97 Å². The van der Waals surface area contributed by atoms with E-state index in [1.807, 2.05) is 0 Å². The molecule has 0 fully saturated rings. The van der Waals surface area contributed by atoms with Crippen molar-refractivity contribution in [2.24, 2.45) is 0 Å². The first kappa shape index (κ1) is 19.4. The summed E-state index contributed by atoms with van der Waals surface area (Å²) in [6, 6.07) is 8.03. The summed E-state index contributed by atoms with van der Waals surface area (Å²) >= 11 is 5.78. The van der Waals surface area contributed by atoms with Gasteiger partial charge in [-0.3, -0.25) is 0 Å². The summed E-state index contributed by atoms with van der Waals surface area (Å²) in [5.41, 5.74) is 0.842. The van der Waals surface area contributed by atoms with Crippen LogP contribution in [0, 0.1) is 6.92 Å². The van der Waals surface area contributed by atoms with Crippen molar-refractivity contribution in [2.45, 2.75) is 31.8 Å². The van der Waals surface area contributed by atoms with E-state index in [1.54, 1.807) is 24.3 Å². The van der Waals surface area contributed by atoms with Crippen molar-refractivity contribution in [1.29, 1.82) is 0 Å². The fraction of sp³-hybridized carbons (Fsp3) is 0.353. The molecule has 0 saturated heterocycles. The summed E-state index contributed by atoms with van der Waals surface area (Å²) < 4.78 is 10.4. The maximum Gasteiger partial charge on any atom is 0.342 e. The second-order valence-electron chi connectivity index (χ2n) is 5.51. The van der Waals surface area contributed by atoms with Crippen molar-refractivity contribution < 1.29 is 34.4 Å². The number of halogens is 1. The lowest BCUT2D eigenvalue weighted by atomic mass is 10.1. The lowest BCUT2D eigenvalue weighted by molar-refractivity contribution is -0.0837. The lowest BCUT2D eigenvalue weighted by Gasteiger charge is -2.19. The van der Waals surface area contributed by atoms with E-state index in [4.69, 9.17) is 25.9 Å². The number of aliphatic hydroxyl groups is 4. The van der Waals surface area contributed by atoms with E-state index in [9.17, 15) is 20.1 Å². The first-order chi connectivity index (χ1) is 11.8. The normalized spacial score (nSPS) is 14.8. The molecule has 136 valence electrons. The Balaban J connectivity index is 2.05. The predicted octanol–water partition coefficient (Wildman–Crippen LogP) is 1.35. The maximum atomic E-state index is 12.2. The van der Waals surface area contributed by atoms with Crippen LogP contribution in [-0.4, -0.2) is 45.2 Å². The summed E-state index contributed by atoms with van der Waals surface area (Å²) in [4.78, 5) is 12.2. The van der Waals surface area contributed by atoms with Crippen molar-refractivity contribution in [2.75, 3.05) is 6.61 Å². The van der Waals surface area contributed by atoms with E-state index < -0.39 is 30.9 Å². The second kappa shape index (κ2) is 8.46. The number of furan rings is 1. The van der Waals surface area contributed by atoms with Crippen molar-refractivity contribution >= 4 is 17.6 Å². The number of hydrogen-bond donors (Lipinski definition) is 4. The van der Waals surface area contributed by atoms with E-state index in [0.717, 1.165) is 5.56 Å². The van der Waals surface area contributed by atoms with Gasteiger partial charge in [0.25, 0.3) is 0 Å². The van der Waals surface area contributed by atoms with E-state index in [-0.39, 0.29) is 23.7 Å². The fourth-order valence-electron chi connectivity index (χ4n) is 2.15. The highest BCUT2D eigenvalue weighted by molar-refractivity contribution is 6.30. The predicted molar refractivity (Wildman–Crippen MR) is 88.1 cm³/mol. The molecule has 1 aromatic heterocycles. The number of rotatable bonds is 7. The number of aryl methyl sites for hydroxylation is 1. The van der Waals surface area contributed by atoms with Gasteiger partial charge in [0.2, 0.25) is 0 Å². The number of carbonyl (C=O) groups is 1. The minimum Gasteiger partial charge on any atom is -0.463 e. The Morgan fingerprint density at radius 2 is 1.88 bits per heavy atom. The van der Waals surface area contributed by atoms with Gasteiger partial charge in [-0.1, -0.05) is 23.7 Å². The molecule has 8 heteroatoms. The Hall–Kier alpha value is -1.90. The summed E-state index contributed by atoms with van der Waals surface area (Å²) in [7, 11) is 0. The smallest absolute Gasteiger partial charge is 0.342 e. The Morgan fingerprint density at radius 3 is 2.48 bits per heavy atom. The van der Waals surface area contributed by atoms with E-state index in [0.29, 0.717) is 5.02 Å². The Kier molecular flexibility index (Phi) is 6.57. The van der Waals surface area contributed by atoms with Crippen LogP contribution in [0.1, 0.15) is 33.5 Å². The zero-order chi connectivity index (χ0) is 18.6. The van der Waals surface area contributed by atoms with Crippen molar-refractivity contribution in [3.05, 3.63) is 58.0 Å². The summed E-state index contributed by atoms with van der Waals surface area (Å²) in [6.45, 7) is 0.808. The van der Waals surface area contributed by atoms with Crippen LogP contribution in [0.15, 0.2) is 34.7 Å². The molecule has 0 saturated carbocycles. The third-order valence-corrected chi connectivity index (χ3v) is 3.89. The zero-order valence-corrected chi connectivity index (χ0v) is 14.2. The Morgan fingerprint density at radius 1 is 1.24 bits per heavy atom. The topological polar surface area (TPSA) is 120 Å². The highest BCUT2D eigenvalue weighted by Crippen LogP contribution is 2.25. The number of ether oxygens (including phenoxy) is 1. The van der Waals surface area contributed by atoms with Crippen LogP contribution in [0.5, 0.6) is 0 Å². The molecule has 2 aromatic rings. The molecule has 7 nitrogen and oxygen atoms in total. The molecule has 0 aliphatic carbocycles. The molecule has 0 spiro atoms. The molecule has 0 aliphatic heterocycles. The van der Waals surface area contributed by atoms with Crippen LogP contribution in [-0.2, 0) is 11.3 Å². The standard InChI is InChI=1S/C17H19ClO7/c1-9-12(6-14(25-9)16(22)15(21)13(20)7-19)17(23)24-8-10-2-4-11(18)5-3-10/h2-6,13,15-16,19-22H,7-8H2,1H3/t13-,15-,16+/m1/s1. The molecule has 0 bridgehead atoms. The van der Waals surface area contributed by atoms with E-state index in [1.165, 1.54) is 13.0 Å². The van der Waals surface area contributed by atoms with Gasteiger partial charge in [0, 0.05) is 5.02 Å². The molecule has 4 N–H and O–H groups in total. The van der Waals surface area contributed by atoms with Gasteiger partial charge in [-0.05, 0) is 30.7 Å². The minimum atomic E-state index is -1.66. The summed E-state index contributed by atoms with van der Waals surface area (Å²) in [5, 5.41) is 38.4. The zero-order valence-electron chi connectivity index (χ0n) is 13.4. The van der Waals surface area contributed by atoms with Crippen LogP contribution >= 0.6 is 11.6 Å². The first-order valence-corrected chi connectivity index (χ1v) is 7.88. The van der Waals surface area contributed by atoms with Gasteiger partial charge in [-0.25, -0.2) is 4.79 Å². The third kappa shape index (κ3) is 4.81. The molecule has 0 unspecified atom stereocenters. The number of esters is 1. The van der Waals surface area contributed by atoms with E-state index >= 15 is 0 Å². The molecule has 2 rings (SSSR count). The Labute approximate surface area is 149 Å². The first-order valence-electron chi connectivity index (χ1n) is 7.50. The van der Waals surface area contributed by atoms with Gasteiger partial charge < -0.3 is 29.6 Å². The largest absolute Gasteiger partial charge is 0.463 e. The van der Waals surface area contributed by atoms with Crippen molar-refractivity contribution in [3.63, 3.8) is 0 Å². The number of benzene rings is 1. The lowest BCUT2D eigenvalue weighted by Crippen LogP contribution is -2.34. The van der Waals surface area contributed by atoms with Gasteiger partial charge in [-0.2, -0.15) is 0 Å². The molecule has 0 radical (unpaired) electrons. The van der Waals surface area contributed by atoms with Gasteiger partial charge in [-0.15, -0.1) is 0 Å². The van der Waals surface area contributed by atoms with Gasteiger partial charge in [0.05, 0.1) is 6.61 Å². The van der Waals surface area contributed by atoms with Crippen LogP contribution in [0.3, 0.4) is 0 Å².